The van der Waals surface area contributed by atoms with Gasteiger partial charge in [-0.1, -0.05) is 63.1 Å². The fraction of sp³-hybridized carbons (Fsp3) is 0.786. The van der Waals surface area contributed by atoms with Gasteiger partial charge in [-0.05, 0) is 75.0 Å². The number of allylic oxidation sites excluding steroid dienone is 4. The van der Waals surface area contributed by atoms with Crippen molar-refractivity contribution >= 4 is 0 Å². The van der Waals surface area contributed by atoms with Crippen molar-refractivity contribution in [3.05, 3.63) is 35.5 Å². The van der Waals surface area contributed by atoms with E-state index in [1.165, 1.54) is 24.8 Å². The fourth-order valence-corrected chi connectivity index (χ4v) is 7.66. The number of hydrogen-bond donors (Lipinski definition) is 3. The first kappa shape index (κ1) is 23.3. The van der Waals surface area contributed by atoms with Gasteiger partial charge in [0.1, 0.15) is 0 Å². The summed E-state index contributed by atoms with van der Waals surface area (Å²) < 4.78 is 0. The summed E-state index contributed by atoms with van der Waals surface area (Å²) in [7, 11) is 0. The van der Waals surface area contributed by atoms with Crippen LogP contribution in [-0.2, 0) is 0 Å². The van der Waals surface area contributed by atoms with Crippen LogP contribution >= 0.6 is 0 Å². The van der Waals surface area contributed by atoms with E-state index in [1.807, 2.05) is 13.8 Å². The first-order valence-electron chi connectivity index (χ1n) is 12.6. The summed E-state index contributed by atoms with van der Waals surface area (Å²) in [5, 5.41) is 31.5. The van der Waals surface area contributed by atoms with E-state index in [0.717, 1.165) is 6.42 Å². The molecule has 0 saturated heterocycles. The average Bonchev–Trinajstić information content (AvgIpc) is 3.03. The highest BCUT2D eigenvalue weighted by Gasteiger charge is 2.58. The summed E-state index contributed by atoms with van der Waals surface area (Å²) in [5.41, 5.74) is 2.22. The van der Waals surface area contributed by atoms with Crippen LogP contribution in [0.3, 0.4) is 0 Å². The second kappa shape index (κ2) is 7.85. The maximum absolute atomic E-state index is 11.0. The van der Waals surface area contributed by atoms with Crippen molar-refractivity contribution in [1.82, 2.24) is 0 Å². The lowest BCUT2D eigenvalue weighted by molar-refractivity contribution is -0.0537. The Labute approximate surface area is 189 Å². The van der Waals surface area contributed by atoms with E-state index in [-0.39, 0.29) is 11.3 Å². The Morgan fingerprint density at radius 2 is 1.74 bits per heavy atom. The van der Waals surface area contributed by atoms with E-state index >= 15 is 0 Å². The molecule has 3 saturated carbocycles. The van der Waals surface area contributed by atoms with Gasteiger partial charge in [0.25, 0.3) is 0 Å². The predicted octanol–water partition coefficient (Wildman–Crippen LogP) is 5.42. The fourth-order valence-electron chi connectivity index (χ4n) is 7.66. The third-order valence-electron chi connectivity index (χ3n) is 10.2. The van der Waals surface area contributed by atoms with Gasteiger partial charge in [-0.2, -0.15) is 0 Å². The van der Waals surface area contributed by atoms with Crippen LogP contribution in [-0.4, -0.2) is 33.1 Å². The second-order valence-electron chi connectivity index (χ2n) is 12.3. The minimum Gasteiger partial charge on any atom is -0.393 e. The van der Waals surface area contributed by atoms with Crippen LogP contribution < -0.4 is 0 Å². The Morgan fingerprint density at radius 3 is 2.42 bits per heavy atom. The lowest BCUT2D eigenvalue weighted by atomic mass is 9.49. The van der Waals surface area contributed by atoms with E-state index in [1.54, 1.807) is 5.57 Å². The summed E-state index contributed by atoms with van der Waals surface area (Å²) in [6.45, 7) is 13.0. The monoisotopic (exact) mass is 428 g/mol. The van der Waals surface area contributed by atoms with Gasteiger partial charge >= 0.3 is 0 Å². The van der Waals surface area contributed by atoms with Gasteiger partial charge in [-0.3, -0.25) is 0 Å². The molecule has 0 radical (unpaired) electrons. The molecule has 4 aliphatic carbocycles. The van der Waals surface area contributed by atoms with Crippen molar-refractivity contribution in [2.75, 3.05) is 0 Å². The van der Waals surface area contributed by atoms with Gasteiger partial charge in [-0.25, -0.2) is 0 Å². The van der Waals surface area contributed by atoms with Crippen LogP contribution in [0.25, 0.3) is 0 Å². The maximum atomic E-state index is 11.0. The third-order valence-corrected chi connectivity index (χ3v) is 10.2. The summed E-state index contributed by atoms with van der Waals surface area (Å²) in [6, 6.07) is 0. The molecule has 3 nitrogen and oxygen atoms in total. The number of fused-ring (bicyclic) bond motifs is 5. The average molecular weight is 429 g/mol. The molecule has 4 rings (SSSR count). The molecular weight excluding hydrogens is 384 g/mol. The van der Waals surface area contributed by atoms with E-state index in [4.69, 9.17) is 0 Å². The topological polar surface area (TPSA) is 60.7 Å². The van der Waals surface area contributed by atoms with E-state index in [2.05, 4.69) is 52.0 Å². The largest absolute Gasteiger partial charge is 0.393 e. The molecule has 0 amide bonds. The zero-order valence-corrected chi connectivity index (χ0v) is 20.4. The minimum absolute atomic E-state index is 0.142. The van der Waals surface area contributed by atoms with Crippen LogP contribution in [0.1, 0.15) is 80.1 Å². The molecule has 0 aromatic heterocycles. The molecule has 31 heavy (non-hydrogen) atoms. The van der Waals surface area contributed by atoms with Crippen molar-refractivity contribution in [3.63, 3.8) is 0 Å². The van der Waals surface area contributed by atoms with Crippen LogP contribution in [0, 0.1) is 40.4 Å². The summed E-state index contributed by atoms with van der Waals surface area (Å²) in [6.07, 6.45) is 14.4. The molecule has 0 aliphatic heterocycles. The van der Waals surface area contributed by atoms with Crippen molar-refractivity contribution < 1.29 is 15.3 Å². The standard InChI is InChI=1S/C28H44O3/c1-17(7-8-18(2)26(3,4)31)22-11-12-23-21-10-9-19-15-20(29)16-25(30)28(19,6)24(21)13-14-27(22,23)5/h7-10,17-18,20,22-25,29-31H,11-16H2,1-6H3/b8-7+/t17-,18-,20-,22-,23+,24+,25+,27-,28+/m1/s1. The molecule has 174 valence electrons. The first-order valence-corrected chi connectivity index (χ1v) is 12.6. The Kier molecular flexibility index (Phi) is 5.89. The number of hydrogen-bond acceptors (Lipinski definition) is 3. The van der Waals surface area contributed by atoms with E-state index in [9.17, 15) is 15.3 Å². The molecule has 0 heterocycles. The molecule has 3 fully saturated rings. The highest BCUT2D eigenvalue weighted by molar-refractivity contribution is 5.40. The van der Waals surface area contributed by atoms with E-state index < -0.39 is 17.8 Å². The molecule has 0 bridgehead atoms. The molecule has 0 unspecified atom stereocenters. The number of rotatable bonds is 4. The molecule has 3 N–H and O–H groups in total. The van der Waals surface area contributed by atoms with Crippen LogP contribution in [0.4, 0.5) is 0 Å². The van der Waals surface area contributed by atoms with Gasteiger partial charge in [0.2, 0.25) is 0 Å². The maximum Gasteiger partial charge on any atom is 0.0661 e. The normalized spacial score (nSPS) is 44.7. The molecule has 0 aromatic rings. The lowest BCUT2D eigenvalue weighted by Gasteiger charge is -2.56. The minimum atomic E-state index is -0.683. The Morgan fingerprint density at radius 1 is 1.03 bits per heavy atom. The SMILES string of the molecule is C[C@H](/C=C/[C@@H](C)C(C)(C)O)[C@H]1CC[C@H]2C3=CC=C4C[C@@H](O)C[C@H](O)[C@]4(C)[C@H]3CC[C@]12C. The highest BCUT2D eigenvalue weighted by Crippen LogP contribution is 2.66. The molecule has 9 atom stereocenters. The lowest BCUT2D eigenvalue weighted by Crippen LogP contribution is -2.52. The predicted molar refractivity (Wildman–Crippen MR) is 126 cm³/mol. The van der Waals surface area contributed by atoms with Gasteiger partial charge in [0, 0.05) is 17.8 Å². The zero-order valence-electron chi connectivity index (χ0n) is 20.4. The Hall–Kier alpha value is -0.900. The number of aliphatic hydroxyl groups excluding tert-OH is 2. The number of aliphatic hydroxyl groups is 3. The molecule has 4 aliphatic rings. The zero-order chi connectivity index (χ0) is 22.8. The van der Waals surface area contributed by atoms with Crippen molar-refractivity contribution in [2.24, 2.45) is 40.4 Å². The van der Waals surface area contributed by atoms with Gasteiger partial charge in [0.05, 0.1) is 17.8 Å². The smallest absolute Gasteiger partial charge is 0.0661 e. The van der Waals surface area contributed by atoms with E-state index in [0.29, 0.717) is 41.9 Å². The first-order chi connectivity index (χ1) is 14.4. The van der Waals surface area contributed by atoms with Crippen molar-refractivity contribution in [3.8, 4) is 0 Å². The van der Waals surface area contributed by atoms with Gasteiger partial charge < -0.3 is 15.3 Å². The van der Waals surface area contributed by atoms with Crippen molar-refractivity contribution in [2.45, 2.75) is 97.9 Å². The third kappa shape index (κ3) is 3.69. The quantitative estimate of drug-likeness (QED) is 0.524. The molecule has 3 heteroatoms. The summed E-state index contributed by atoms with van der Waals surface area (Å²) in [4.78, 5) is 0. The van der Waals surface area contributed by atoms with Crippen LogP contribution in [0.5, 0.6) is 0 Å². The molecular formula is C28H44O3. The van der Waals surface area contributed by atoms with Gasteiger partial charge in [-0.15, -0.1) is 0 Å². The van der Waals surface area contributed by atoms with Crippen LogP contribution in [0.15, 0.2) is 35.5 Å². The Balaban J connectivity index is 1.58. The summed E-state index contributed by atoms with van der Waals surface area (Å²) in [5.74, 6) is 2.29. The Bertz CT molecular complexity index is 787. The van der Waals surface area contributed by atoms with Crippen LogP contribution in [0.2, 0.25) is 0 Å². The molecule has 0 aromatic carbocycles. The van der Waals surface area contributed by atoms with Gasteiger partial charge in [0.15, 0.2) is 0 Å². The molecule has 0 spiro atoms. The second-order valence-corrected chi connectivity index (χ2v) is 12.3. The van der Waals surface area contributed by atoms with Crippen molar-refractivity contribution in [1.29, 1.82) is 0 Å². The summed E-state index contributed by atoms with van der Waals surface area (Å²) >= 11 is 0. The highest BCUT2D eigenvalue weighted by atomic mass is 16.3.